The first kappa shape index (κ1) is 19.1. The Kier molecular flexibility index (Phi) is 6.26. The zero-order valence-corrected chi connectivity index (χ0v) is 15.9. The van der Waals surface area contributed by atoms with Gasteiger partial charge in [-0.15, -0.1) is 11.8 Å². The summed E-state index contributed by atoms with van der Waals surface area (Å²) in [6, 6.07) is 14.5. The zero-order chi connectivity index (χ0) is 18.4. The van der Waals surface area contributed by atoms with Gasteiger partial charge in [0, 0.05) is 10.4 Å². The maximum atomic E-state index is 12.7. The zero-order valence-electron chi connectivity index (χ0n) is 15.1. The van der Waals surface area contributed by atoms with E-state index in [0.717, 1.165) is 10.6 Å². The van der Waals surface area contributed by atoms with Gasteiger partial charge in [-0.2, -0.15) is 0 Å². The number of benzene rings is 2. The number of hydrogen-bond donors (Lipinski definition) is 2. The lowest BCUT2D eigenvalue weighted by Gasteiger charge is -2.21. The molecule has 0 spiro atoms. The molecule has 0 fully saturated rings. The van der Waals surface area contributed by atoms with Crippen molar-refractivity contribution in [3.63, 3.8) is 0 Å². The third kappa shape index (κ3) is 5.36. The van der Waals surface area contributed by atoms with E-state index in [1.165, 1.54) is 0 Å². The molecule has 0 heterocycles. The lowest BCUT2D eigenvalue weighted by atomic mass is 10.1. The van der Waals surface area contributed by atoms with Crippen molar-refractivity contribution in [2.45, 2.75) is 38.1 Å². The van der Waals surface area contributed by atoms with E-state index >= 15 is 0 Å². The summed E-state index contributed by atoms with van der Waals surface area (Å²) in [5.41, 5.74) is 1.22. The maximum absolute atomic E-state index is 12.7. The van der Waals surface area contributed by atoms with Gasteiger partial charge in [0.25, 0.3) is 11.8 Å². The van der Waals surface area contributed by atoms with Crippen LogP contribution in [0, 0.1) is 0 Å². The van der Waals surface area contributed by atoms with Crippen molar-refractivity contribution in [1.82, 2.24) is 5.32 Å². The summed E-state index contributed by atoms with van der Waals surface area (Å²) in [7, 11) is 0. The Morgan fingerprint density at radius 3 is 2.16 bits per heavy atom. The van der Waals surface area contributed by atoms with E-state index in [9.17, 15) is 9.59 Å². The molecule has 0 aromatic heterocycles. The first-order valence-electron chi connectivity index (χ1n) is 8.26. The molecule has 25 heavy (non-hydrogen) atoms. The average molecular weight is 356 g/mol. The van der Waals surface area contributed by atoms with Gasteiger partial charge in [-0.1, -0.05) is 31.2 Å². The molecule has 0 atom stereocenters. The number of carbonyl (C=O) groups is 2. The lowest BCUT2D eigenvalue weighted by molar-refractivity contribution is 0.0920. The Labute approximate surface area is 153 Å². The topological polar surface area (TPSA) is 58.2 Å². The van der Waals surface area contributed by atoms with Crippen LogP contribution in [0.5, 0.6) is 0 Å². The van der Waals surface area contributed by atoms with Crippen LogP contribution in [0.1, 0.15) is 48.4 Å². The van der Waals surface area contributed by atoms with Crippen molar-refractivity contribution in [3.05, 3.63) is 59.7 Å². The van der Waals surface area contributed by atoms with Crippen LogP contribution >= 0.6 is 11.8 Å². The summed E-state index contributed by atoms with van der Waals surface area (Å²) in [6.07, 6.45) is 0. The minimum Gasteiger partial charge on any atom is -0.347 e. The molecular formula is C20H24N2O2S. The largest absolute Gasteiger partial charge is 0.347 e. The maximum Gasteiger partial charge on any atom is 0.256 e. The second kappa shape index (κ2) is 8.21. The summed E-state index contributed by atoms with van der Waals surface area (Å²) >= 11 is 1.62. The Morgan fingerprint density at radius 1 is 0.920 bits per heavy atom. The number of thioether (sulfide) groups is 1. The highest BCUT2D eigenvalue weighted by Gasteiger charge is 2.19. The van der Waals surface area contributed by atoms with Gasteiger partial charge in [-0.25, -0.2) is 0 Å². The van der Waals surface area contributed by atoms with Gasteiger partial charge in [0.1, 0.15) is 0 Å². The predicted molar refractivity (Wildman–Crippen MR) is 104 cm³/mol. The molecule has 0 saturated carbocycles. The van der Waals surface area contributed by atoms with Crippen LogP contribution in [-0.4, -0.2) is 23.1 Å². The summed E-state index contributed by atoms with van der Waals surface area (Å²) in [6.45, 7) is 7.81. The first-order valence-corrected chi connectivity index (χ1v) is 9.25. The molecule has 0 radical (unpaired) electrons. The number of para-hydroxylation sites is 1. The molecule has 132 valence electrons. The highest BCUT2D eigenvalue weighted by Crippen LogP contribution is 2.24. The van der Waals surface area contributed by atoms with E-state index in [-0.39, 0.29) is 17.4 Å². The molecule has 2 N–H and O–H groups in total. The normalized spacial score (nSPS) is 11.0. The smallest absolute Gasteiger partial charge is 0.256 e. The fraction of sp³-hybridized carbons (Fsp3) is 0.300. The molecule has 2 aromatic carbocycles. The van der Waals surface area contributed by atoms with Crippen LogP contribution in [0.25, 0.3) is 0 Å². The molecule has 0 unspecified atom stereocenters. The molecule has 0 bridgehead atoms. The van der Waals surface area contributed by atoms with Crippen molar-refractivity contribution in [2.24, 2.45) is 0 Å². The highest BCUT2D eigenvalue weighted by molar-refractivity contribution is 7.99. The SMILES string of the molecule is CCSc1ccccc1C(=O)Nc1ccccc1C(=O)NC(C)(C)C. The molecule has 0 aliphatic rings. The van der Waals surface area contributed by atoms with Crippen molar-refractivity contribution in [3.8, 4) is 0 Å². The summed E-state index contributed by atoms with van der Waals surface area (Å²) in [5, 5.41) is 5.81. The van der Waals surface area contributed by atoms with Crippen LogP contribution in [0.4, 0.5) is 5.69 Å². The molecule has 2 aromatic rings. The monoisotopic (exact) mass is 356 g/mol. The molecule has 4 nitrogen and oxygen atoms in total. The summed E-state index contributed by atoms with van der Waals surface area (Å²) in [4.78, 5) is 26.1. The number of anilines is 1. The van der Waals surface area contributed by atoms with Gasteiger partial charge in [0.05, 0.1) is 16.8 Å². The number of amides is 2. The molecule has 2 rings (SSSR count). The van der Waals surface area contributed by atoms with Gasteiger partial charge >= 0.3 is 0 Å². The molecule has 0 aliphatic carbocycles. The van der Waals surface area contributed by atoms with E-state index < -0.39 is 0 Å². The lowest BCUT2D eigenvalue weighted by Crippen LogP contribution is -2.40. The van der Waals surface area contributed by atoms with Gasteiger partial charge in [-0.3, -0.25) is 9.59 Å². The molecule has 5 heteroatoms. The Bertz CT molecular complexity index is 766. The van der Waals surface area contributed by atoms with Crippen molar-refractivity contribution in [2.75, 3.05) is 11.1 Å². The fourth-order valence-electron chi connectivity index (χ4n) is 2.32. The highest BCUT2D eigenvalue weighted by atomic mass is 32.2. The number of hydrogen-bond acceptors (Lipinski definition) is 3. The summed E-state index contributed by atoms with van der Waals surface area (Å²) < 4.78 is 0. The number of rotatable bonds is 5. The van der Waals surface area contributed by atoms with E-state index in [1.54, 1.807) is 42.1 Å². The molecule has 2 amide bonds. The van der Waals surface area contributed by atoms with Crippen LogP contribution < -0.4 is 10.6 Å². The van der Waals surface area contributed by atoms with Gasteiger partial charge in [-0.05, 0) is 50.8 Å². The number of nitrogens with one attached hydrogen (secondary N) is 2. The van der Waals surface area contributed by atoms with E-state index in [4.69, 9.17) is 0 Å². The molecule has 0 saturated heterocycles. The third-order valence-corrected chi connectivity index (χ3v) is 4.30. The average Bonchev–Trinajstić information content (AvgIpc) is 2.54. The van der Waals surface area contributed by atoms with Gasteiger partial charge in [0.2, 0.25) is 0 Å². The Hall–Kier alpha value is -2.27. The van der Waals surface area contributed by atoms with Crippen LogP contribution in [0.3, 0.4) is 0 Å². The second-order valence-electron chi connectivity index (χ2n) is 6.63. The van der Waals surface area contributed by atoms with Crippen molar-refractivity contribution < 1.29 is 9.59 Å². The van der Waals surface area contributed by atoms with E-state index in [0.29, 0.717) is 16.8 Å². The van der Waals surface area contributed by atoms with Crippen molar-refractivity contribution in [1.29, 1.82) is 0 Å². The van der Waals surface area contributed by atoms with Gasteiger partial charge in [0.15, 0.2) is 0 Å². The Balaban J connectivity index is 2.27. The van der Waals surface area contributed by atoms with Crippen molar-refractivity contribution >= 4 is 29.3 Å². The second-order valence-corrected chi connectivity index (χ2v) is 7.94. The standard InChI is InChI=1S/C20H24N2O2S/c1-5-25-17-13-9-7-11-15(17)18(23)21-16-12-8-6-10-14(16)19(24)22-20(2,3)4/h6-13H,5H2,1-4H3,(H,21,23)(H,22,24). The molecule has 0 aliphatic heterocycles. The summed E-state index contributed by atoms with van der Waals surface area (Å²) in [5.74, 6) is 0.460. The van der Waals surface area contributed by atoms with Crippen LogP contribution in [-0.2, 0) is 0 Å². The number of carbonyl (C=O) groups excluding carboxylic acids is 2. The van der Waals surface area contributed by atoms with E-state index in [2.05, 4.69) is 10.6 Å². The fourth-order valence-corrected chi connectivity index (χ4v) is 3.13. The molecular weight excluding hydrogens is 332 g/mol. The van der Waals surface area contributed by atoms with Crippen LogP contribution in [0.2, 0.25) is 0 Å². The Morgan fingerprint density at radius 2 is 1.52 bits per heavy atom. The first-order chi connectivity index (χ1) is 11.8. The quantitative estimate of drug-likeness (QED) is 0.771. The minimum atomic E-state index is -0.349. The third-order valence-electron chi connectivity index (χ3n) is 3.34. The minimum absolute atomic E-state index is 0.209. The van der Waals surface area contributed by atoms with E-state index in [1.807, 2.05) is 45.9 Å². The predicted octanol–water partition coefficient (Wildman–Crippen LogP) is 4.58. The van der Waals surface area contributed by atoms with Gasteiger partial charge < -0.3 is 10.6 Å². The van der Waals surface area contributed by atoms with Crippen LogP contribution in [0.15, 0.2) is 53.4 Å².